The summed E-state index contributed by atoms with van der Waals surface area (Å²) in [5.41, 5.74) is 1.79. The van der Waals surface area contributed by atoms with E-state index in [1.54, 1.807) is 18.2 Å². The minimum absolute atomic E-state index is 0.407. The van der Waals surface area contributed by atoms with Crippen molar-refractivity contribution < 1.29 is 14.7 Å². The maximum absolute atomic E-state index is 10.6. The van der Waals surface area contributed by atoms with Crippen LogP contribution in [0.2, 0.25) is 0 Å². The summed E-state index contributed by atoms with van der Waals surface area (Å²) < 4.78 is 0. The number of benzene rings is 1. The van der Waals surface area contributed by atoms with Gasteiger partial charge in [-0.15, -0.1) is 0 Å². The van der Waals surface area contributed by atoms with Crippen molar-refractivity contribution in [3.8, 4) is 11.8 Å². The quantitative estimate of drug-likeness (QED) is 0.533. The van der Waals surface area contributed by atoms with Crippen LogP contribution in [0, 0.1) is 18.8 Å². The number of hydrogen-bond acceptors (Lipinski definition) is 2. The number of carboxylic acids is 1. The molecule has 0 saturated heterocycles. The smallest absolute Gasteiger partial charge is 0.382 e. The molecule has 0 unspecified atom stereocenters. The summed E-state index contributed by atoms with van der Waals surface area (Å²) >= 11 is 0. The molecular weight excluding hydrogens is 180 g/mol. The maximum atomic E-state index is 10.6. The molecule has 1 rings (SSSR count). The molecule has 70 valence electrons. The molecule has 3 nitrogen and oxygen atoms in total. The van der Waals surface area contributed by atoms with E-state index >= 15 is 0 Å². The summed E-state index contributed by atoms with van der Waals surface area (Å²) in [6.07, 6.45) is 0.658. The van der Waals surface area contributed by atoms with Crippen molar-refractivity contribution >= 4 is 12.3 Å². The van der Waals surface area contributed by atoms with Gasteiger partial charge in [0.2, 0.25) is 0 Å². The molecule has 0 bridgehead atoms. The Labute approximate surface area is 81.4 Å². The van der Waals surface area contributed by atoms with Crippen LogP contribution in [0.25, 0.3) is 0 Å². The molecule has 0 radical (unpaired) electrons. The molecule has 0 aliphatic heterocycles. The molecule has 0 fully saturated rings. The minimum atomic E-state index is -1.21. The Morgan fingerprint density at radius 1 is 1.50 bits per heavy atom. The zero-order valence-corrected chi connectivity index (χ0v) is 7.57. The second kappa shape index (κ2) is 4.24. The van der Waals surface area contributed by atoms with Crippen molar-refractivity contribution in [1.29, 1.82) is 0 Å². The van der Waals surface area contributed by atoms with Crippen LogP contribution in [0.5, 0.6) is 0 Å². The number of hydrogen-bond donors (Lipinski definition) is 1. The van der Waals surface area contributed by atoms with Crippen molar-refractivity contribution in [3.63, 3.8) is 0 Å². The molecule has 1 N–H and O–H groups in total. The Morgan fingerprint density at radius 2 is 2.21 bits per heavy atom. The van der Waals surface area contributed by atoms with E-state index in [1.807, 2.05) is 12.8 Å². The highest BCUT2D eigenvalue weighted by Gasteiger charge is 1.98. The van der Waals surface area contributed by atoms with Crippen molar-refractivity contribution in [2.24, 2.45) is 0 Å². The largest absolute Gasteiger partial charge is 0.472 e. The van der Waals surface area contributed by atoms with Gasteiger partial charge < -0.3 is 5.11 Å². The van der Waals surface area contributed by atoms with Crippen LogP contribution in [0.3, 0.4) is 0 Å². The average molecular weight is 188 g/mol. The Balaban J connectivity index is 3.19. The van der Waals surface area contributed by atoms with E-state index in [0.29, 0.717) is 17.4 Å². The molecule has 0 amide bonds. The van der Waals surface area contributed by atoms with E-state index in [1.165, 1.54) is 0 Å². The molecule has 0 aromatic heterocycles. The summed E-state index contributed by atoms with van der Waals surface area (Å²) in [5.74, 6) is 3.19. The van der Waals surface area contributed by atoms with Crippen LogP contribution in [-0.2, 0) is 4.79 Å². The molecular formula is C11H8O3. The molecule has 1 aromatic rings. The molecule has 0 aliphatic rings. The van der Waals surface area contributed by atoms with Crippen LogP contribution in [0.4, 0.5) is 0 Å². The standard InChI is InChI=1S/C11H8O3/c1-8-2-3-10(7-12)9(6-8)4-5-11(13)14/h2-3,6-7H,1H3,(H,13,14). The Bertz CT molecular complexity index is 436. The molecule has 0 spiro atoms. The average Bonchev–Trinajstić information content (AvgIpc) is 2.15. The number of carbonyl (C=O) groups is 2. The third kappa shape index (κ3) is 2.46. The van der Waals surface area contributed by atoms with Gasteiger partial charge in [0.15, 0.2) is 6.29 Å². The number of aldehydes is 1. The van der Waals surface area contributed by atoms with Gasteiger partial charge in [0.05, 0.1) is 0 Å². The van der Waals surface area contributed by atoms with E-state index < -0.39 is 5.97 Å². The van der Waals surface area contributed by atoms with Crippen molar-refractivity contribution in [2.45, 2.75) is 6.92 Å². The number of carbonyl (C=O) groups excluding carboxylic acids is 1. The Kier molecular flexibility index (Phi) is 3.03. The zero-order valence-electron chi connectivity index (χ0n) is 7.57. The van der Waals surface area contributed by atoms with Gasteiger partial charge in [0.1, 0.15) is 0 Å². The van der Waals surface area contributed by atoms with E-state index in [9.17, 15) is 9.59 Å². The van der Waals surface area contributed by atoms with Gasteiger partial charge in [0.25, 0.3) is 0 Å². The van der Waals surface area contributed by atoms with Gasteiger partial charge in [-0.3, -0.25) is 4.79 Å². The SMILES string of the molecule is Cc1ccc(C=O)c(C#CC(=O)O)c1. The first-order valence-corrected chi connectivity index (χ1v) is 3.94. The lowest BCUT2D eigenvalue weighted by Crippen LogP contribution is -1.91. The molecule has 0 heterocycles. The zero-order chi connectivity index (χ0) is 10.6. The van der Waals surface area contributed by atoms with Gasteiger partial charge in [-0.05, 0) is 18.6 Å². The molecule has 0 saturated carbocycles. The highest BCUT2D eigenvalue weighted by Crippen LogP contribution is 2.08. The third-order valence-electron chi connectivity index (χ3n) is 1.64. The second-order valence-corrected chi connectivity index (χ2v) is 2.76. The topological polar surface area (TPSA) is 54.4 Å². The van der Waals surface area contributed by atoms with Gasteiger partial charge in [-0.25, -0.2) is 4.79 Å². The summed E-state index contributed by atoms with van der Waals surface area (Å²) in [5, 5.41) is 8.35. The van der Waals surface area contributed by atoms with Crippen LogP contribution < -0.4 is 0 Å². The van der Waals surface area contributed by atoms with Crippen LogP contribution in [-0.4, -0.2) is 17.4 Å². The van der Waals surface area contributed by atoms with Crippen LogP contribution >= 0.6 is 0 Å². The lowest BCUT2D eigenvalue weighted by molar-refractivity contribution is -0.130. The first-order chi connectivity index (χ1) is 6.63. The minimum Gasteiger partial charge on any atom is -0.472 e. The van der Waals surface area contributed by atoms with Crippen molar-refractivity contribution in [2.75, 3.05) is 0 Å². The van der Waals surface area contributed by atoms with E-state index in [4.69, 9.17) is 5.11 Å². The first kappa shape index (κ1) is 10.0. The summed E-state index contributed by atoms with van der Waals surface area (Å²) in [4.78, 5) is 20.8. The normalized spacial score (nSPS) is 8.64. The third-order valence-corrected chi connectivity index (χ3v) is 1.64. The summed E-state index contributed by atoms with van der Waals surface area (Å²) in [6, 6.07) is 5.07. The summed E-state index contributed by atoms with van der Waals surface area (Å²) in [7, 11) is 0. The van der Waals surface area contributed by atoms with Crippen LogP contribution in [0.1, 0.15) is 21.5 Å². The fraction of sp³-hybridized carbons (Fsp3) is 0.0909. The molecule has 1 aromatic carbocycles. The Hall–Kier alpha value is -2.08. The lowest BCUT2D eigenvalue weighted by Gasteiger charge is -1.97. The molecule has 0 atom stereocenters. The predicted octanol–water partition coefficient (Wildman–Crippen LogP) is 1.24. The van der Waals surface area contributed by atoms with Gasteiger partial charge in [0, 0.05) is 17.0 Å². The van der Waals surface area contributed by atoms with Crippen molar-refractivity contribution in [3.05, 3.63) is 34.9 Å². The monoisotopic (exact) mass is 188 g/mol. The first-order valence-electron chi connectivity index (χ1n) is 3.94. The molecule has 0 aliphatic carbocycles. The van der Waals surface area contributed by atoms with Gasteiger partial charge >= 0.3 is 5.97 Å². The summed E-state index contributed by atoms with van der Waals surface area (Å²) in [6.45, 7) is 1.85. The van der Waals surface area contributed by atoms with E-state index in [2.05, 4.69) is 5.92 Å². The number of rotatable bonds is 1. The van der Waals surface area contributed by atoms with Crippen molar-refractivity contribution in [1.82, 2.24) is 0 Å². The molecule has 3 heteroatoms. The molecule has 14 heavy (non-hydrogen) atoms. The predicted molar refractivity (Wildman–Crippen MR) is 51.1 cm³/mol. The maximum Gasteiger partial charge on any atom is 0.382 e. The lowest BCUT2D eigenvalue weighted by atomic mass is 10.1. The number of aliphatic carboxylic acids is 1. The highest BCUT2D eigenvalue weighted by atomic mass is 16.4. The fourth-order valence-electron chi connectivity index (χ4n) is 1.00. The van der Waals surface area contributed by atoms with E-state index in [-0.39, 0.29) is 0 Å². The van der Waals surface area contributed by atoms with Gasteiger partial charge in [-0.1, -0.05) is 18.1 Å². The highest BCUT2D eigenvalue weighted by molar-refractivity contribution is 5.88. The number of carboxylic acid groups (broad SMARTS) is 1. The van der Waals surface area contributed by atoms with Crippen LogP contribution in [0.15, 0.2) is 18.2 Å². The second-order valence-electron chi connectivity index (χ2n) is 2.76. The van der Waals surface area contributed by atoms with E-state index in [0.717, 1.165) is 5.56 Å². The fourth-order valence-corrected chi connectivity index (χ4v) is 1.00. The van der Waals surface area contributed by atoms with Gasteiger partial charge in [-0.2, -0.15) is 0 Å². The Morgan fingerprint density at radius 3 is 2.79 bits per heavy atom. The number of aryl methyl sites for hydroxylation is 1.